The fourth-order valence-electron chi connectivity index (χ4n) is 2.02. The second-order valence-electron chi connectivity index (χ2n) is 4.51. The van der Waals surface area contributed by atoms with E-state index in [4.69, 9.17) is 23.2 Å². The molecule has 2 rings (SSSR count). The van der Waals surface area contributed by atoms with Crippen LogP contribution in [0.5, 0.6) is 0 Å². The third-order valence-electron chi connectivity index (χ3n) is 3.08. The highest BCUT2D eigenvalue weighted by molar-refractivity contribution is 9.10. The van der Waals surface area contributed by atoms with Gasteiger partial charge in [-0.25, -0.2) is 0 Å². The van der Waals surface area contributed by atoms with Crippen LogP contribution >= 0.6 is 39.1 Å². The van der Waals surface area contributed by atoms with Gasteiger partial charge in [-0.3, -0.25) is 0 Å². The van der Waals surface area contributed by atoms with Crippen LogP contribution in [-0.2, 0) is 6.42 Å². The molecule has 19 heavy (non-hydrogen) atoms. The zero-order valence-electron chi connectivity index (χ0n) is 10.5. The Balaban J connectivity index is 1.86. The summed E-state index contributed by atoms with van der Waals surface area (Å²) in [7, 11) is 0. The first-order valence-corrected chi connectivity index (χ1v) is 7.90. The molecule has 0 aliphatic carbocycles. The van der Waals surface area contributed by atoms with Crippen LogP contribution in [0, 0.1) is 0 Å². The van der Waals surface area contributed by atoms with Gasteiger partial charge in [-0.1, -0.05) is 63.9 Å². The topological polar surface area (TPSA) is 0 Å². The molecule has 0 aromatic heterocycles. The molecule has 3 heteroatoms. The fraction of sp³-hybridized carbons (Fsp3) is 0.250. The third kappa shape index (κ3) is 4.52. The number of hydrogen-bond donors (Lipinski definition) is 0. The van der Waals surface area contributed by atoms with Crippen LogP contribution in [0.25, 0.3) is 0 Å². The van der Waals surface area contributed by atoms with Gasteiger partial charge in [-0.15, -0.1) is 11.6 Å². The largest absolute Gasteiger partial charge is 0.118 e. The minimum atomic E-state index is 0.0791. The lowest BCUT2D eigenvalue weighted by Gasteiger charge is -2.10. The van der Waals surface area contributed by atoms with E-state index in [0.29, 0.717) is 0 Å². The van der Waals surface area contributed by atoms with E-state index < -0.39 is 0 Å². The Morgan fingerprint density at radius 2 is 1.79 bits per heavy atom. The van der Waals surface area contributed by atoms with Gasteiger partial charge >= 0.3 is 0 Å². The number of aryl methyl sites for hydroxylation is 1. The van der Waals surface area contributed by atoms with Gasteiger partial charge in [0, 0.05) is 9.50 Å². The van der Waals surface area contributed by atoms with Gasteiger partial charge in [0.05, 0.1) is 5.38 Å². The summed E-state index contributed by atoms with van der Waals surface area (Å²) in [5.41, 5.74) is 2.37. The van der Waals surface area contributed by atoms with E-state index >= 15 is 0 Å². The monoisotopic (exact) mass is 356 g/mol. The highest BCUT2D eigenvalue weighted by atomic mass is 79.9. The van der Waals surface area contributed by atoms with Gasteiger partial charge in [-0.2, -0.15) is 0 Å². The quantitative estimate of drug-likeness (QED) is 0.542. The molecule has 0 amide bonds. The first-order chi connectivity index (χ1) is 9.16. The van der Waals surface area contributed by atoms with Gasteiger partial charge in [0.15, 0.2) is 0 Å². The Morgan fingerprint density at radius 3 is 2.47 bits per heavy atom. The zero-order valence-corrected chi connectivity index (χ0v) is 13.5. The number of hydrogen-bond acceptors (Lipinski definition) is 0. The summed E-state index contributed by atoms with van der Waals surface area (Å²) in [6.07, 6.45) is 2.95. The molecule has 0 N–H and O–H groups in total. The van der Waals surface area contributed by atoms with Crippen LogP contribution in [0.4, 0.5) is 0 Å². The van der Waals surface area contributed by atoms with Crippen LogP contribution in [-0.4, -0.2) is 0 Å². The summed E-state index contributed by atoms with van der Waals surface area (Å²) in [5.74, 6) is 0. The number of alkyl halides is 1. The average Bonchev–Trinajstić information content (AvgIpc) is 2.42. The molecule has 1 atom stereocenters. The summed E-state index contributed by atoms with van der Waals surface area (Å²) in [6, 6.07) is 16.2. The van der Waals surface area contributed by atoms with Gasteiger partial charge in [0.1, 0.15) is 0 Å². The SMILES string of the molecule is Clc1cc(Br)ccc1CCCC(Cl)c1ccccc1. The molecule has 0 aliphatic heterocycles. The maximum atomic E-state index is 6.40. The van der Waals surface area contributed by atoms with Gasteiger partial charge in [0.25, 0.3) is 0 Å². The highest BCUT2D eigenvalue weighted by Gasteiger charge is 2.08. The molecule has 0 bridgehead atoms. The lowest BCUT2D eigenvalue weighted by molar-refractivity contribution is 0.716. The fourth-order valence-corrected chi connectivity index (χ4v) is 3.09. The first kappa shape index (κ1) is 14.9. The van der Waals surface area contributed by atoms with Crippen molar-refractivity contribution in [1.29, 1.82) is 0 Å². The van der Waals surface area contributed by atoms with Crippen LogP contribution in [0.2, 0.25) is 5.02 Å². The molecule has 0 saturated carbocycles. The summed E-state index contributed by atoms with van der Waals surface area (Å²) < 4.78 is 1.01. The minimum Gasteiger partial charge on any atom is -0.118 e. The lowest BCUT2D eigenvalue weighted by atomic mass is 10.0. The van der Waals surface area contributed by atoms with Crippen LogP contribution in [0.3, 0.4) is 0 Å². The van der Waals surface area contributed by atoms with Crippen molar-refractivity contribution in [2.45, 2.75) is 24.6 Å². The van der Waals surface area contributed by atoms with E-state index in [1.165, 1.54) is 11.1 Å². The molecule has 1 unspecified atom stereocenters. The van der Waals surface area contributed by atoms with E-state index in [1.54, 1.807) is 0 Å². The molecule has 0 aliphatic rings. The van der Waals surface area contributed by atoms with Crippen molar-refractivity contribution < 1.29 is 0 Å². The number of halogens is 3. The van der Waals surface area contributed by atoms with Crippen LogP contribution in [0.15, 0.2) is 53.0 Å². The van der Waals surface area contributed by atoms with E-state index in [2.05, 4.69) is 34.1 Å². The standard InChI is InChI=1S/C16H15BrCl2/c17-14-10-9-13(16(19)11-14)7-4-8-15(18)12-5-2-1-3-6-12/h1-3,5-6,9-11,15H,4,7-8H2. The minimum absolute atomic E-state index is 0.0791. The van der Waals surface area contributed by atoms with E-state index in [1.807, 2.05) is 30.3 Å². The number of benzene rings is 2. The van der Waals surface area contributed by atoms with Crippen molar-refractivity contribution in [1.82, 2.24) is 0 Å². The normalized spacial score (nSPS) is 12.4. The molecule has 0 heterocycles. The van der Waals surface area contributed by atoms with Crippen molar-refractivity contribution >= 4 is 39.1 Å². The molecule has 100 valence electrons. The molecule has 0 spiro atoms. The van der Waals surface area contributed by atoms with Crippen molar-refractivity contribution in [2.24, 2.45) is 0 Å². The Hall–Kier alpha value is -0.500. The smallest absolute Gasteiger partial charge is 0.0585 e. The summed E-state index contributed by atoms with van der Waals surface area (Å²) in [6.45, 7) is 0. The summed E-state index contributed by atoms with van der Waals surface area (Å²) in [5, 5.41) is 0.899. The maximum absolute atomic E-state index is 6.40. The third-order valence-corrected chi connectivity index (χ3v) is 4.40. The lowest BCUT2D eigenvalue weighted by Crippen LogP contribution is -1.93. The van der Waals surface area contributed by atoms with E-state index in [9.17, 15) is 0 Å². The molecule has 0 nitrogen and oxygen atoms in total. The Morgan fingerprint density at radius 1 is 1.05 bits per heavy atom. The molecule has 0 saturated heterocycles. The highest BCUT2D eigenvalue weighted by Crippen LogP contribution is 2.28. The van der Waals surface area contributed by atoms with Crippen LogP contribution in [0.1, 0.15) is 29.3 Å². The summed E-state index contributed by atoms with van der Waals surface area (Å²) in [4.78, 5) is 0. The predicted molar refractivity (Wildman–Crippen MR) is 87.1 cm³/mol. The Kier molecular flexibility index (Phi) is 5.75. The maximum Gasteiger partial charge on any atom is 0.0585 e. The van der Waals surface area contributed by atoms with E-state index in [-0.39, 0.29) is 5.38 Å². The molecule has 0 fully saturated rings. The molecular formula is C16H15BrCl2. The van der Waals surface area contributed by atoms with E-state index in [0.717, 1.165) is 28.8 Å². The average molecular weight is 358 g/mol. The number of rotatable bonds is 5. The summed E-state index contributed by atoms with van der Waals surface area (Å²) >= 11 is 16.0. The predicted octanol–water partition coefficient (Wildman–Crippen LogP) is 6.41. The van der Waals surface area contributed by atoms with Crippen molar-refractivity contribution in [2.75, 3.05) is 0 Å². The molecular weight excluding hydrogens is 343 g/mol. The van der Waals surface area contributed by atoms with Crippen molar-refractivity contribution in [3.63, 3.8) is 0 Å². The molecule has 2 aromatic rings. The second-order valence-corrected chi connectivity index (χ2v) is 6.36. The van der Waals surface area contributed by atoms with Gasteiger partial charge in [0.2, 0.25) is 0 Å². The Labute approximate surface area is 132 Å². The van der Waals surface area contributed by atoms with Gasteiger partial charge in [-0.05, 0) is 42.5 Å². The van der Waals surface area contributed by atoms with Gasteiger partial charge < -0.3 is 0 Å². The first-order valence-electron chi connectivity index (χ1n) is 6.30. The van der Waals surface area contributed by atoms with Crippen molar-refractivity contribution in [3.8, 4) is 0 Å². The molecule has 2 aromatic carbocycles. The van der Waals surface area contributed by atoms with Crippen molar-refractivity contribution in [3.05, 3.63) is 69.2 Å². The molecule has 0 radical (unpaired) electrons. The zero-order chi connectivity index (χ0) is 13.7. The second kappa shape index (κ2) is 7.33. The Bertz CT molecular complexity index is 526. The van der Waals surface area contributed by atoms with Crippen LogP contribution < -0.4 is 0 Å².